The highest BCUT2D eigenvalue weighted by Gasteiger charge is 2.12. The second kappa shape index (κ2) is 15.7. The molecule has 1 saturated heterocycles. The predicted molar refractivity (Wildman–Crippen MR) is 105 cm³/mol. The Morgan fingerprint density at radius 1 is 0.750 bits per heavy atom. The van der Waals surface area contributed by atoms with Crippen molar-refractivity contribution in [1.29, 1.82) is 0 Å². The molecule has 2 nitrogen and oxygen atoms in total. The van der Waals surface area contributed by atoms with E-state index < -0.39 is 0 Å². The number of allylic oxidation sites excluding steroid dienone is 1. The van der Waals surface area contributed by atoms with Gasteiger partial charge in [-0.2, -0.15) is 0 Å². The zero-order chi connectivity index (χ0) is 17.3. The van der Waals surface area contributed by atoms with E-state index in [1.165, 1.54) is 96.3 Å². The Balaban J connectivity index is 1.88. The second-order valence-corrected chi connectivity index (χ2v) is 7.47. The Kier molecular flexibility index (Phi) is 13.9. The summed E-state index contributed by atoms with van der Waals surface area (Å²) >= 11 is 0. The third-order valence-electron chi connectivity index (χ3n) is 5.15. The summed E-state index contributed by atoms with van der Waals surface area (Å²) in [5, 5.41) is 0. The molecule has 0 aromatic rings. The van der Waals surface area contributed by atoms with Crippen LogP contribution in [-0.4, -0.2) is 23.9 Å². The molecule has 0 aromatic heterocycles. The lowest BCUT2D eigenvalue weighted by Crippen LogP contribution is -2.30. The van der Waals surface area contributed by atoms with Crippen molar-refractivity contribution in [2.45, 2.75) is 110 Å². The van der Waals surface area contributed by atoms with Gasteiger partial charge in [-0.25, -0.2) is 0 Å². The standard InChI is InChI=1S/C22H41NO/c1-2-3-4-5-6-7-8-9-10-11-12-13-16-19-22(24)23-20-17-14-15-18-21-23/h16,19H,2-15,17-18,20-21H2,1H3/b19-16+. The molecule has 0 aromatic carbocycles. The van der Waals surface area contributed by atoms with Gasteiger partial charge in [0.05, 0.1) is 0 Å². The summed E-state index contributed by atoms with van der Waals surface area (Å²) in [6.45, 7) is 4.20. The Morgan fingerprint density at radius 3 is 1.79 bits per heavy atom. The lowest BCUT2D eigenvalue weighted by Gasteiger charge is -2.17. The number of rotatable bonds is 13. The maximum Gasteiger partial charge on any atom is 0.246 e. The van der Waals surface area contributed by atoms with Crippen molar-refractivity contribution in [2.24, 2.45) is 0 Å². The van der Waals surface area contributed by atoms with Crippen LogP contribution in [0.1, 0.15) is 110 Å². The number of unbranched alkanes of at least 4 members (excludes halogenated alkanes) is 11. The number of carbonyl (C=O) groups is 1. The molecule has 1 amide bonds. The van der Waals surface area contributed by atoms with E-state index in [0.717, 1.165) is 19.5 Å². The molecule has 2 heteroatoms. The van der Waals surface area contributed by atoms with Crippen LogP contribution < -0.4 is 0 Å². The summed E-state index contributed by atoms with van der Waals surface area (Å²) in [6.07, 6.45) is 25.1. The predicted octanol–water partition coefficient (Wildman–Crippen LogP) is 6.65. The summed E-state index contributed by atoms with van der Waals surface area (Å²) in [5.41, 5.74) is 0. The van der Waals surface area contributed by atoms with Gasteiger partial charge in [0.2, 0.25) is 5.91 Å². The molecular weight excluding hydrogens is 294 g/mol. The van der Waals surface area contributed by atoms with Gasteiger partial charge >= 0.3 is 0 Å². The maximum absolute atomic E-state index is 12.1. The van der Waals surface area contributed by atoms with Gasteiger partial charge in [0.15, 0.2) is 0 Å². The minimum absolute atomic E-state index is 0.236. The first-order valence-electron chi connectivity index (χ1n) is 10.8. The normalized spacial score (nSPS) is 15.8. The van der Waals surface area contributed by atoms with Crippen LogP contribution in [0.2, 0.25) is 0 Å². The van der Waals surface area contributed by atoms with E-state index in [-0.39, 0.29) is 5.91 Å². The van der Waals surface area contributed by atoms with Crippen molar-refractivity contribution in [3.05, 3.63) is 12.2 Å². The number of nitrogens with zero attached hydrogens (tertiary/aromatic N) is 1. The van der Waals surface area contributed by atoms with Crippen LogP contribution in [0.15, 0.2) is 12.2 Å². The third-order valence-corrected chi connectivity index (χ3v) is 5.15. The molecule has 1 aliphatic heterocycles. The fourth-order valence-electron chi connectivity index (χ4n) is 3.51. The van der Waals surface area contributed by atoms with Gasteiger partial charge in [0, 0.05) is 13.1 Å². The van der Waals surface area contributed by atoms with Gasteiger partial charge in [-0.1, -0.05) is 90.0 Å². The topological polar surface area (TPSA) is 20.3 Å². The fraction of sp³-hybridized carbons (Fsp3) is 0.864. The highest BCUT2D eigenvalue weighted by molar-refractivity contribution is 5.87. The molecule has 0 radical (unpaired) electrons. The summed E-state index contributed by atoms with van der Waals surface area (Å²) in [4.78, 5) is 14.1. The first-order valence-corrected chi connectivity index (χ1v) is 10.8. The van der Waals surface area contributed by atoms with Gasteiger partial charge in [-0.15, -0.1) is 0 Å². The van der Waals surface area contributed by atoms with Crippen LogP contribution >= 0.6 is 0 Å². The van der Waals surface area contributed by atoms with E-state index in [0.29, 0.717) is 0 Å². The zero-order valence-corrected chi connectivity index (χ0v) is 16.2. The number of likely N-dealkylation sites (tertiary alicyclic amines) is 1. The number of carbonyl (C=O) groups excluding carboxylic acids is 1. The molecule has 1 heterocycles. The SMILES string of the molecule is CCCCCCCCCCCCC/C=C/C(=O)N1CCCCCC1. The maximum atomic E-state index is 12.1. The molecule has 0 atom stereocenters. The van der Waals surface area contributed by atoms with Crippen molar-refractivity contribution in [2.75, 3.05) is 13.1 Å². The largest absolute Gasteiger partial charge is 0.339 e. The molecule has 0 aliphatic carbocycles. The van der Waals surface area contributed by atoms with Crippen LogP contribution in [0, 0.1) is 0 Å². The molecule has 0 spiro atoms. The molecule has 0 bridgehead atoms. The molecular formula is C22H41NO. The van der Waals surface area contributed by atoms with Crippen LogP contribution in [0.25, 0.3) is 0 Å². The molecule has 0 unspecified atom stereocenters. The summed E-state index contributed by atoms with van der Waals surface area (Å²) in [5.74, 6) is 0.236. The van der Waals surface area contributed by atoms with Gasteiger partial charge in [0.25, 0.3) is 0 Å². The van der Waals surface area contributed by atoms with Crippen LogP contribution in [-0.2, 0) is 4.79 Å². The smallest absolute Gasteiger partial charge is 0.246 e. The lowest BCUT2D eigenvalue weighted by molar-refractivity contribution is -0.126. The van der Waals surface area contributed by atoms with Crippen molar-refractivity contribution in [3.63, 3.8) is 0 Å². The van der Waals surface area contributed by atoms with Crippen molar-refractivity contribution >= 4 is 5.91 Å². The highest BCUT2D eigenvalue weighted by Crippen LogP contribution is 2.13. The van der Waals surface area contributed by atoms with E-state index in [1.54, 1.807) is 0 Å². The number of hydrogen-bond acceptors (Lipinski definition) is 1. The molecule has 1 aliphatic rings. The van der Waals surface area contributed by atoms with Crippen LogP contribution in [0.5, 0.6) is 0 Å². The van der Waals surface area contributed by atoms with E-state index in [1.807, 2.05) is 11.0 Å². The molecule has 1 fully saturated rings. The van der Waals surface area contributed by atoms with Crippen LogP contribution in [0.4, 0.5) is 0 Å². The van der Waals surface area contributed by atoms with Gasteiger partial charge in [-0.3, -0.25) is 4.79 Å². The van der Waals surface area contributed by atoms with E-state index in [4.69, 9.17) is 0 Å². The molecule has 140 valence electrons. The number of hydrogen-bond donors (Lipinski definition) is 0. The van der Waals surface area contributed by atoms with E-state index >= 15 is 0 Å². The second-order valence-electron chi connectivity index (χ2n) is 7.47. The van der Waals surface area contributed by atoms with Crippen molar-refractivity contribution in [3.8, 4) is 0 Å². The molecule has 0 N–H and O–H groups in total. The fourth-order valence-corrected chi connectivity index (χ4v) is 3.51. The summed E-state index contributed by atoms with van der Waals surface area (Å²) < 4.78 is 0. The van der Waals surface area contributed by atoms with Crippen LogP contribution in [0.3, 0.4) is 0 Å². The Morgan fingerprint density at radius 2 is 1.25 bits per heavy atom. The van der Waals surface area contributed by atoms with Crippen molar-refractivity contribution in [1.82, 2.24) is 4.90 Å². The number of amides is 1. The van der Waals surface area contributed by atoms with Crippen molar-refractivity contribution < 1.29 is 4.79 Å². The monoisotopic (exact) mass is 335 g/mol. The van der Waals surface area contributed by atoms with E-state index in [9.17, 15) is 4.79 Å². The quantitative estimate of drug-likeness (QED) is 0.273. The average Bonchev–Trinajstić information content (AvgIpc) is 2.88. The lowest BCUT2D eigenvalue weighted by atomic mass is 10.1. The average molecular weight is 336 g/mol. The van der Waals surface area contributed by atoms with Gasteiger partial charge < -0.3 is 4.90 Å². The first kappa shape index (κ1) is 21.3. The minimum Gasteiger partial charge on any atom is -0.339 e. The third kappa shape index (κ3) is 11.7. The molecule has 24 heavy (non-hydrogen) atoms. The Bertz CT molecular complexity index is 316. The summed E-state index contributed by atoms with van der Waals surface area (Å²) in [7, 11) is 0. The Labute approximate surface area is 151 Å². The van der Waals surface area contributed by atoms with E-state index in [2.05, 4.69) is 13.0 Å². The first-order chi connectivity index (χ1) is 11.8. The van der Waals surface area contributed by atoms with Gasteiger partial charge in [0.1, 0.15) is 0 Å². The zero-order valence-electron chi connectivity index (χ0n) is 16.2. The Hall–Kier alpha value is -0.790. The minimum atomic E-state index is 0.236. The van der Waals surface area contributed by atoms with Gasteiger partial charge in [-0.05, 0) is 31.8 Å². The summed E-state index contributed by atoms with van der Waals surface area (Å²) in [6, 6.07) is 0. The molecule has 0 saturated carbocycles. The molecule has 1 rings (SSSR count). The highest BCUT2D eigenvalue weighted by atomic mass is 16.2.